The normalized spacial score (nSPS) is 11.4. The summed E-state index contributed by atoms with van der Waals surface area (Å²) in [5, 5.41) is 0.795. The summed E-state index contributed by atoms with van der Waals surface area (Å²) in [6.45, 7) is 0.291. The highest BCUT2D eigenvalue weighted by molar-refractivity contribution is 9.08. The zero-order chi connectivity index (χ0) is 13.7. The molecule has 5 heteroatoms. The van der Waals surface area contributed by atoms with E-state index in [1.807, 2.05) is 24.3 Å². The van der Waals surface area contributed by atoms with Crippen molar-refractivity contribution in [3.63, 3.8) is 0 Å². The Morgan fingerprint density at radius 1 is 0.895 bits per heavy atom. The molecule has 0 saturated heterocycles. The smallest absolute Gasteiger partial charge is 0.207 e. The molecular weight excluding hydrogens is 326 g/mol. The maximum atomic E-state index is 12.0. The molecule has 2 aromatic carbocycles. The molecule has 2 rings (SSSR count). The molecule has 0 aliphatic carbocycles. The number of sulfonamides is 1. The van der Waals surface area contributed by atoms with Crippen molar-refractivity contribution < 1.29 is 8.42 Å². The molecule has 0 unspecified atom stereocenters. The quantitative estimate of drug-likeness (QED) is 0.851. The van der Waals surface area contributed by atoms with Gasteiger partial charge in [0.15, 0.2) is 0 Å². The largest absolute Gasteiger partial charge is 0.240 e. The number of rotatable bonds is 5. The summed E-state index contributed by atoms with van der Waals surface area (Å²) in [6, 6.07) is 16.2. The van der Waals surface area contributed by atoms with Crippen molar-refractivity contribution >= 4 is 26.0 Å². The first-order valence-electron chi connectivity index (χ1n) is 5.80. The van der Waals surface area contributed by atoms with Gasteiger partial charge in [-0.25, -0.2) is 13.1 Å². The van der Waals surface area contributed by atoms with Gasteiger partial charge in [0.05, 0.1) is 4.90 Å². The van der Waals surface area contributed by atoms with E-state index in [0.29, 0.717) is 6.54 Å². The summed E-state index contributed by atoms with van der Waals surface area (Å²) in [5.41, 5.74) is 2.10. The lowest BCUT2D eigenvalue weighted by Crippen LogP contribution is -2.23. The molecule has 0 radical (unpaired) electrons. The number of halogens is 1. The average molecular weight is 340 g/mol. The van der Waals surface area contributed by atoms with E-state index in [0.717, 1.165) is 16.5 Å². The Morgan fingerprint density at radius 2 is 1.47 bits per heavy atom. The van der Waals surface area contributed by atoms with Crippen molar-refractivity contribution in [2.45, 2.75) is 16.8 Å². The molecular formula is C14H14BrNO2S. The predicted octanol–water partition coefficient (Wildman–Crippen LogP) is 3.06. The molecule has 0 amide bonds. The van der Waals surface area contributed by atoms with Crippen LogP contribution in [0.2, 0.25) is 0 Å². The van der Waals surface area contributed by atoms with Gasteiger partial charge in [-0.15, -0.1) is 0 Å². The fourth-order valence-corrected chi connectivity index (χ4v) is 3.02. The van der Waals surface area contributed by atoms with Crippen molar-refractivity contribution in [1.29, 1.82) is 0 Å². The van der Waals surface area contributed by atoms with Gasteiger partial charge in [0.25, 0.3) is 0 Å². The maximum Gasteiger partial charge on any atom is 0.240 e. The number of alkyl halides is 1. The zero-order valence-electron chi connectivity index (χ0n) is 10.2. The standard InChI is InChI=1S/C14H14BrNO2S/c15-10-12-6-8-13(9-7-12)11-16-19(17,18)14-4-2-1-3-5-14/h1-9,16H,10-11H2. The first kappa shape index (κ1) is 14.2. The average Bonchev–Trinajstić information content (AvgIpc) is 2.47. The van der Waals surface area contributed by atoms with Gasteiger partial charge in [-0.05, 0) is 23.3 Å². The van der Waals surface area contributed by atoms with Gasteiger partial charge in [0, 0.05) is 11.9 Å². The van der Waals surface area contributed by atoms with Crippen LogP contribution in [0, 0.1) is 0 Å². The third-order valence-corrected chi connectivity index (χ3v) is 4.76. The van der Waals surface area contributed by atoms with Crippen LogP contribution in [0.3, 0.4) is 0 Å². The summed E-state index contributed by atoms with van der Waals surface area (Å²) in [7, 11) is -3.43. The molecule has 0 saturated carbocycles. The highest BCUT2D eigenvalue weighted by Crippen LogP contribution is 2.10. The molecule has 3 nitrogen and oxygen atoms in total. The second-order valence-electron chi connectivity index (χ2n) is 4.09. The topological polar surface area (TPSA) is 46.2 Å². The molecule has 100 valence electrons. The minimum absolute atomic E-state index is 0.284. The Bertz CT molecular complexity index is 624. The van der Waals surface area contributed by atoms with Gasteiger partial charge in [-0.1, -0.05) is 58.4 Å². The third-order valence-electron chi connectivity index (χ3n) is 2.70. The van der Waals surface area contributed by atoms with Gasteiger partial charge in [0.2, 0.25) is 10.0 Å². The molecule has 19 heavy (non-hydrogen) atoms. The summed E-state index contributed by atoms with van der Waals surface area (Å²) in [6.07, 6.45) is 0. The second kappa shape index (κ2) is 6.32. The van der Waals surface area contributed by atoms with E-state index in [2.05, 4.69) is 20.7 Å². The fourth-order valence-electron chi connectivity index (χ4n) is 1.61. The molecule has 0 aliphatic heterocycles. The number of hydrogen-bond donors (Lipinski definition) is 1. The molecule has 0 fully saturated rings. The van der Waals surface area contributed by atoms with Crippen LogP contribution in [0.4, 0.5) is 0 Å². The highest BCUT2D eigenvalue weighted by Gasteiger charge is 2.12. The zero-order valence-corrected chi connectivity index (χ0v) is 12.6. The van der Waals surface area contributed by atoms with Crippen molar-refractivity contribution in [2.24, 2.45) is 0 Å². The lowest BCUT2D eigenvalue weighted by Gasteiger charge is -2.07. The van der Waals surface area contributed by atoms with Crippen LogP contribution in [0.5, 0.6) is 0 Å². The van der Waals surface area contributed by atoms with Crippen LogP contribution in [0.25, 0.3) is 0 Å². The first-order valence-corrected chi connectivity index (χ1v) is 8.41. The van der Waals surface area contributed by atoms with E-state index in [1.54, 1.807) is 30.3 Å². The van der Waals surface area contributed by atoms with E-state index >= 15 is 0 Å². The number of benzene rings is 2. The van der Waals surface area contributed by atoms with Crippen LogP contribution in [-0.2, 0) is 21.9 Å². The number of hydrogen-bond acceptors (Lipinski definition) is 2. The Kier molecular flexibility index (Phi) is 4.74. The molecule has 0 bridgehead atoms. The summed E-state index contributed by atoms with van der Waals surface area (Å²) < 4.78 is 26.6. The van der Waals surface area contributed by atoms with Gasteiger partial charge in [0.1, 0.15) is 0 Å². The Hall–Kier alpha value is -1.17. The Balaban J connectivity index is 2.05. The number of nitrogens with one attached hydrogen (secondary N) is 1. The van der Waals surface area contributed by atoms with E-state index in [9.17, 15) is 8.42 Å². The molecule has 1 N–H and O–H groups in total. The van der Waals surface area contributed by atoms with E-state index in [4.69, 9.17) is 0 Å². The predicted molar refractivity (Wildman–Crippen MR) is 79.5 cm³/mol. The minimum Gasteiger partial charge on any atom is -0.207 e. The van der Waals surface area contributed by atoms with E-state index < -0.39 is 10.0 Å². The van der Waals surface area contributed by atoms with E-state index in [1.165, 1.54) is 0 Å². The lowest BCUT2D eigenvalue weighted by molar-refractivity contribution is 0.581. The van der Waals surface area contributed by atoms with Crippen LogP contribution >= 0.6 is 15.9 Å². The molecule has 0 aromatic heterocycles. The van der Waals surface area contributed by atoms with E-state index in [-0.39, 0.29) is 4.90 Å². The van der Waals surface area contributed by atoms with Crippen molar-refractivity contribution in [2.75, 3.05) is 0 Å². The second-order valence-corrected chi connectivity index (χ2v) is 6.42. The Morgan fingerprint density at radius 3 is 2.05 bits per heavy atom. The van der Waals surface area contributed by atoms with Crippen molar-refractivity contribution in [3.8, 4) is 0 Å². The summed E-state index contributed by atoms with van der Waals surface area (Å²) in [5.74, 6) is 0. The summed E-state index contributed by atoms with van der Waals surface area (Å²) in [4.78, 5) is 0.284. The maximum absolute atomic E-state index is 12.0. The molecule has 0 heterocycles. The molecule has 0 spiro atoms. The molecule has 0 aliphatic rings. The van der Waals surface area contributed by atoms with Crippen molar-refractivity contribution in [3.05, 3.63) is 65.7 Å². The summed E-state index contributed by atoms with van der Waals surface area (Å²) >= 11 is 3.37. The van der Waals surface area contributed by atoms with Gasteiger partial charge < -0.3 is 0 Å². The SMILES string of the molecule is O=S(=O)(NCc1ccc(CBr)cc1)c1ccccc1. The third kappa shape index (κ3) is 3.89. The van der Waals surface area contributed by atoms with Crippen molar-refractivity contribution in [1.82, 2.24) is 4.72 Å². The van der Waals surface area contributed by atoms with Crippen LogP contribution in [0.1, 0.15) is 11.1 Å². The molecule has 2 aromatic rings. The molecule has 0 atom stereocenters. The fraction of sp³-hybridized carbons (Fsp3) is 0.143. The van der Waals surface area contributed by atoms with Gasteiger partial charge >= 0.3 is 0 Å². The van der Waals surface area contributed by atoms with Crippen LogP contribution < -0.4 is 4.72 Å². The lowest BCUT2D eigenvalue weighted by atomic mass is 10.2. The minimum atomic E-state index is -3.43. The van der Waals surface area contributed by atoms with Crippen LogP contribution in [-0.4, -0.2) is 8.42 Å². The van der Waals surface area contributed by atoms with Gasteiger partial charge in [-0.2, -0.15) is 0 Å². The van der Waals surface area contributed by atoms with Crippen LogP contribution in [0.15, 0.2) is 59.5 Å². The first-order chi connectivity index (χ1) is 9.12. The monoisotopic (exact) mass is 339 g/mol. The van der Waals surface area contributed by atoms with Gasteiger partial charge in [-0.3, -0.25) is 0 Å². The highest BCUT2D eigenvalue weighted by atomic mass is 79.9. The Labute approximate surface area is 121 Å².